The molecular formula is C16H21N3O3. The molecule has 3 rings (SSSR count). The molecule has 0 atom stereocenters. The highest BCUT2D eigenvalue weighted by molar-refractivity contribution is 5.90. The summed E-state index contributed by atoms with van der Waals surface area (Å²) in [5, 5.41) is 4.00. The summed E-state index contributed by atoms with van der Waals surface area (Å²) in [6, 6.07) is 1.77. The molecule has 0 bridgehead atoms. The standard InChI is InChI=1S/C16H21N3O3/c1-16(2,3)14-10(6-13(22-14)15(17)20)7-19-5-4-12-11(8-19)9-21-18-12/h6,9H,4-5,7-8H2,1-3H3,(H2,17,20). The van der Waals surface area contributed by atoms with Crippen LogP contribution in [-0.2, 0) is 24.9 Å². The Morgan fingerprint density at radius 3 is 2.91 bits per heavy atom. The van der Waals surface area contributed by atoms with Crippen LogP contribution >= 0.6 is 0 Å². The number of primary amides is 1. The molecule has 1 aliphatic heterocycles. The van der Waals surface area contributed by atoms with Gasteiger partial charge in [0.05, 0.1) is 5.69 Å². The zero-order chi connectivity index (χ0) is 15.9. The Morgan fingerprint density at radius 2 is 2.23 bits per heavy atom. The fraction of sp³-hybridized carbons (Fsp3) is 0.500. The predicted octanol–water partition coefficient (Wildman–Crippen LogP) is 2.22. The van der Waals surface area contributed by atoms with Crippen molar-refractivity contribution in [3.8, 4) is 0 Å². The maximum Gasteiger partial charge on any atom is 0.284 e. The van der Waals surface area contributed by atoms with E-state index < -0.39 is 5.91 Å². The molecule has 0 aromatic carbocycles. The van der Waals surface area contributed by atoms with E-state index in [0.29, 0.717) is 6.54 Å². The van der Waals surface area contributed by atoms with Crippen LogP contribution in [0.1, 0.15) is 53.9 Å². The van der Waals surface area contributed by atoms with Gasteiger partial charge in [0.25, 0.3) is 5.91 Å². The number of rotatable bonds is 3. The van der Waals surface area contributed by atoms with Crippen molar-refractivity contribution in [2.75, 3.05) is 6.54 Å². The molecule has 2 aromatic rings. The van der Waals surface area contributed by atoms with Gasteiger partial charge in [-0.1, -0.05) is 25.9 Å². The van der Waals surface area contributed by atoms with E-state index >= 15 is 0 Å². The zero-order valence-corrected chi connectivity index (χ0v) is 13.2. The van der Waals surface area contributed by atoms with Crippen molar-refractivity contribution >= 4 is 5.91 Å². The van der Waals surface area contributed by atoms with Crippen LogP contribution in [0.4, 0.5) is 0 Å². The molecule has 0 fully saturated rings. The first kappa shape index (κ1) is 14.8. The van der Waals surface area contributed by atoms with E-state index in [4.69, 9.17) is 14.7 Å². The van der Waals surface area contributed by atoms with Crippen LogP contribution in [0, 0.1) is 0 Å². The molecule has 22 heavy (non-hydrogen) atoms. The lowest BCUT2D eigenvalue weighted by Gasteiger charge is -2.26. The minimum absolute atomic E-state index is 0.179. The number of amides is 1. The van der Waals surface area contributed by atoms with Gasteiger partial charge in [0.2, 0.25) is 0 Å². The average Bonchev–Trinajstić information content (AvgIpc) is 3.03. The molecule has 0 spiro atoms. The van der Waals surface area contributed by atoms with E-state index in [0.717, 1.165) is 42.1 Å². The third-order valence-electron chi connectivity index (χ3n) is 3.91. The Balaban J connectivity index is 1.84. The average molecular weight is 303 g/mol. The van der Waals surface area contributed by atoms with Crippen molar-refractivity contribution < 1.29 is 13.7 Å². The van der Waals surface area contributed by atoms with Gasteiger partial charge < -0.3 is 14.7 Å². The van der Waals surface area contributed by atoms with E-state index in [1.54, 1.807) is 12.3 Å². The molecule has 3 heterocycles. The van der Waals surface area contributed by atoms with E-state index in [2.05, 4.69) is 30.8 Å². The van der Waals surface area contributed by atoms with Gasteiger partial charge in [0.1, 0.15) is 12.0 Å². The fourth-order valence-corrected chi connectivity index (χ4v) is 2.88. The first-order valence-corrected chi connectivity index (χ1v) is 7.42. The Hall–Kier alpha value is -2.08. The summed E-state index contributed by atoms with van der Waals surface area (Å²) in [5.74, 6) is 0.511. The third-order valence-corrected chi connectivity index (χ3v) is 3.91. The number of carbonyl (C=O) groups is 1. The smallest absolute Gasteiger partial charge is 0.284 e. The van der Waals surface area contributed by atoms with Crippen LogP contribution in [-0.4, -0.2) is 22.5 Å². The number of carbonyl (C=O) groups excluding carboxylic acids is 1. The highest BCUT2D eigenvalue weighted by atomic mass is 16.5. The molecular weight excluding hydrogens is 282 g/mol. The first-order chi connectivity index (χ1) is 10.3. The van der Waals surface area contributed by atoms with E-state index in [1.165, 1.54) is 0 Å². The molecule has 0 saturated carbocycles. The number of hydrogen-bond acceptors (Lipinski definition) is 5. The molecule has 0 radical (unpaired) electrons. The van der Waals surface area contributed by atoms with Crippen molar-refractivity contribution in [2.24, 2.45) is 5.73 Å². The van der Waals surface area contributed by atoms with Crippen molar-refractivity contribution in [2.45, 2.75) is 45.7 Å². The van der Waals surface area contributed by atoms with Gasteiger partial charge in [-0.25, -0.2) is 0 Å². The van der Waals surface area contributed by atoms with Crippen LogP contribution < -0.4 is 5.73 Å². The number of furan rings is 1. The van der Waals surface area contributed by atoms with Gasteiger partial charge in [-0.3, -0.25) is 9.69 Å². The summed E-state index contributed by atoms with van der Waals surface area (Å²) >= 11 is 0. The van der Waals surface area contributed by atoms with Crippen LogP contribution in [0.2, 0.25) is 0 Å². The first-order valence-electron chi connectivity index (χ1n) is 7.42. The molecule has 1 aliphatic rings. The second-order valence-corrected chi connectivity index (χ2v) is 6.83. The summed E-state index contributed by atoms with van der Waals surface area (Å²) in [4.78, 5) is 13.7. The molecule has 0 unspecified atom stereocenters. The largest absolute Gasteiger partial charge is 0.455 e. The van der Waals surface area contributed by atoms with Gasteiger partial charge in [-0.15, -0.1) is 0 Å². The molecule has 1 amide bonds. The van der Waals surface area contributed by atoms with E-state index in [1.807, 2.05) is 0 Å². The topological polar surface area (TPSA) is 85.5 Å². The molecule has 0 saturated heterocycles. The molecule has 2 N–H and O–H groups in total. The Morgan fingerprint density at radius 1 is 1.45 bits per heavy atom. The summed E-state index contributed by atoms with van der Waals surface area (Å²) in [7, 11) is 0. The number of fused-ring (bicyclic) bond motifs is 1. The highest BCUT2D eigenvalue weighted by Gasteiger charge is 2.27. The number of nitrogens with two attached hydrogens (primary N) is 1. The van der Waals surface area contributed by atoms with Crippen molar-refractivity contribution in [3.05, 3.63) is 40.7 Å². The summed E-state index contributed by atoms with van der Waals surface area (Å²) in [6.45, 7) is 8.60. The predicted molar refractivity (Wildman–Crippen MR) is 80.2 cm³/mol. The zero-order valence-electron chi connectivity index (χ0n) is 13.2. The third kappa shape index (κ3) is 2.78. The lowest BCUT2D eigenvalue weighted by atomic mass is 9.90. The minimum atomic E-state index is -0.531. The van der Waals surface area contributed by atoms with Crippen LogP contribution in [0.5, 0.6) is 0 Å². The van der Waals surface area contributed by atoms with Gasteiger partial charge in [-0.2, -0.15) is 0 Å². The van der Waals surface area contributed by atoms with Crippen molar-refractivity contribution in [3.63, 3.8) is 0 Å². The normalized spacial score (nSPS) is 15.8. The van der Waals surface area contributed by atoms with Crippen LogP contribution in [0.25, 0.3) is 0 Å². The minimum Gasteiger partial charge on any atom is -0.455 e. The summed E-state index contributed by atoms with van der Waals surface area (Å²) in [6.07, 6.45) is 2.58. The second-order valence-electron chi connectivity index (χ2n) is 6.83. The monoisotopic (exact) mass is 303 g/mol. The van der Waals surface area contributed by atoms with E-state index in [9.17, 15) is 4.79 Å². The van der Waals surface area contributed by atoms with E-state index in [-0.39, 0.29) is 11.2 Å². The van der Waals surface area contributed by atoms with Gasteiger partial charge in [0, 0.05) is 42.6 Å². The van der Waals surface area contributed by atoms with Crippen molar-refractivity contribution in [1.29, 1.82) is 0 Å². The second kappa shape index (κ2) is 5.28. The maximum absolute atomic E-state index is 11.4. The van der Waals surface area contributed by atoms with Gasteiger partial charge in [-0.05, 0) is 6.07 Å². The Labute approximate surface area is 129 Å². The summed E-state index contributed by atoms with van der Waals surface area (Å²) < 4.78 is 10.7. The Kier molecular flexibility index (Phi) is 3.56. The summed E-state index contributed by atoms with van der Waals surface area (Å²) in [5.41, 5.74) is 8.36. The van der Waals surface area contributed by atoms with Gasteiger partial charge >= 0.3 is 0 Å². The maximum atomic E-state index is 11.4. The van der Waals surface area contributed by atoms with Gasteiger partial charge in [0.15, 0.2) is 5.76 Å². The Bertz CT molecular complexity index is 694. The molecule has 2 aromatic heterocycles. The number of hydrogen-bond donors (Lipinski definition) is 1. The SMILES string of the molecule is CC(C)(C)c1oc(C(N)=O)cc1CN1CCc2nocc2C1. The molecule has 6 nitrogen and oxygen atoms in total. The van der Waals surface area contributed by atoms with Crippen LogP contribution in [0.15, 0.2) is 21.3 Å². The number of nitrogens with zero attached hydrogens (tertiary/aromatic N) is 2. The molecule has 6 heteroatoms. The fourth-order valence-electron chi connectivity index (χ4n) is 2.88. The lowest BCUT2D eigenvalue weighted by molar-refractivity contribution is 0.0970. The van der Waals surface area contributed by atoms with Crippen LogP contribution in [0.3, 0.4) is 0 Å². The molecule has 0 aliphatic carbocycles. The molecule has 118 valence electrons. The quantitative estimate of drug-likeness (QED) is 0.939. The van der Waals surface area contributed by atoms with Crippen molar-refractivity contribution in [1.82, 2.24) is 10.1 Å². The highest BCUT2D eigenvalue weighted by Crippen LogP contribution is 2.31. The lowest BCUT2D eigenvalue weighted by Crippen LogP contribution is -2.30. The number of aromatic nitrogens is 1.